The number of morpholine rings is 1. The molecule has 0 bridgehead atoms. The Morgan fingerprint density at radius 1 is 1.11 bits per heavy atom. The molecule has 3 aromatic rings. The number of anilines is 2. The highest BCUT2D eigenvalue weighted by atomic mass is 16.5. The van der Waals surface area contributed by atoms with E-state index in [0.29, 0.717) is 5.56 Å². The number of fused-ring (bicyclic) bond motifs is 1. The first-order valence-electron chi connectivity index (χ1n) is 12.3. The van der Waals surface area contributed by atoms with Crippen molar-refractivity contribution in [2.24, 2.45) is 0 Å². The molecule has 5 rings (SSSR count). The maximum Gasteiger partial charge on any atom is 0.101 e. The van der Waals surface area contributed by atoms with E-state index >= 15 is 0 Å². The monoisotopic (exact) mass is 472 g/mol. The Morgan fingerprint density at radius 3 is 2.71 bits per heavy atom. The van der Waals surface area contributed by atoms with Gasteiger partial charge in [0.05, 0.1) is 35.6 Å². The van der Waals surface area contributed by atoms with E-state index in [1.54, 1.807) is 6.20 Å². The summed E-state index contributed by atoms with van der Waals surface area (Å²) < 4.78 is 6.35. The molecule has 2 aliphatic heterocycles. The van der Waals surface area contributed by atoms with Crippen LogP contribution in [0.1, 0.15) is 23.9 Å². The Hall–Kier alpha value is -3.25. The third-order valence-corrected chi connectivity index (χ3v) is 6.89. The molecule has 2 aliphatic rings. The Kier molecular flexibility index (Phi) is 6.82. The number of nitriles is 1. The molecule has 0 amide bonds. The van der Waals surface area contributed by atoms with Gasteiger partial charge in [-0.3, -0.25) is 14.9 Å². The zero-order valence-electron chi connectivity index (χ0n) is 20.4. The summed E-state index contributed by atoms with van der Waals surface area (Å²) in [5, 5.41) is 20.0. The highest BCUT2D eigenvalue weighted by Crippen LogP contribution is 2.30. The van der Waals surface area contributed by atoms with Crippen molar-refractivity contribution in [2.75, 3.05) is 55.6 Å². The molecule has 4 heterocycles. The van der Waals surface area contributed by atoms with Crippen molar-refractivity contribution in [2.45, 2.75) is 32.7 Å². The lowest BCUT2D eigenvalue weighted by atomic mass is 10.1. The second-order valence-corrected chi connectivity index (χ2v) is 9.52. The predicted octanol–water partition coefficient (Wildman–Crippen LogP) is 2.72. The van der Waals surface area contributed by atoms with Crippen molar-refractivity contribution in [3.8, 4) is 6.07 Å². The lowest BCUT2D eigenvalue weighted by Gasteiger charge is -2.42. The number of hydrogen-bond acceptors (Lipinski definition) is 8. The molecule has 35 heavy (non-hydrogen) atoms. The smallest absolute Gasteiger partial charge is 0.101 e. The van der Waals surface area contributed by atoms with Crippen LogP contribution in [0.25, 0.3) is 10.9 Å². The summed E-state index contributed by atoms with van der Waals surface area (Å²) in [6.45, 7) is 10.4. The number of rotatable bonds is 5. The third kappa shape index (κ3) is 5.08. The van der Waals surface area contributed by atoms with Crippen molar-refractivity contribution in [1.29, 1.82) is 5.26 Å². The third-order valence-electron chi connectivity index (χ3n) is 6.89. The molecule has 2 aromatic heterocycles. The summed E-state index contributed by atoms with van der Waals surface area (Å²) in [5.41, 5.74) is 5.27. The summed E-state index contributed by atoms with van der Waals surface area (Å²) in [6, 6.07) is 14.3. The Labute approximate surface area is 206 Å². The number of aromatic nitrogens is 2. The van der Waals surface area contributed by atoms with Crippen LogP contribution in [-0.4, -0.2) is 78.0 Å². The van der Waals surface area contributed by atoms with E-state index in [1.807, 2.05) is 31.2 Å². The fourth-order valence-corrected chi connectivity index (χ4v) is 5.32. The number of aryl methyl sites for hydroxylation is 1. The van der Waals surface area contributed by atoms with E-state index in [1.165, 1.54) is 0 Å². The highest BCUT2D eigenvalue weighted by Gasteiger charge is 2.29. The molecule has 0 saturated carbocycles. The van der Waals surface area contributed by atoms with Crippen LogP contribution in [-0.2, 0) is 11.3 Å². The molecule has 0 unspecified atom stereocenters. The van der Waals surface area contributed by atoms with Gasteiger partial charge < -0.3 is 19.6 Å². The molecule has 0 radical (unpaired) electrons. The Balaban J connectivity index is 1.25. The number of hydrogen-bond donors (Lipinski definition) is 1. The summed E-state index contributed by atoms with van der Waals surface area (Å²) in [6.07, 6.45) is 1.97. The van der Waals surface area contributed by atoms with Gasteiger partial charge in [-0.1, -0.05) is 0 Å². The van der Waals surface area contributed by atoms with Gasteiger partial charge in [0.2, 0.25) is 0 Å². The minimum atomic E-state index is -0.0348. The first-order valence-corrected chi connectivity index (χ1v) is 12.3. The average Bonchev–Trinajstić information content (AvgIpc) is 2.87. The van der Waals surface area contributed by atoms with Gasteiger partial charge in [0.1, 0.15) is 6.07 Å². The van der Waals surface area contributed by atoms with Crippen LogP contribution in [0.4, 0.5) is 11.4 Å². The van der Waals surface area contributed by atoms with E-state index in [0.717, 1.165) is 79.5 Å². The van der Waals surface area contributed by atoms with E-state index < -0.39 is 0 Å². The molecule has 2 fully saturated rings. The number of benzene rings is 1. The minimum absolute atomic E-state index is 0.0348. The van der Waals surface area contributed by atoms with Gasteiger partial charge in [0.15, 0.2) is 0 Å². The van der Waals surface area contributed by atoms with Crippen molar-refractivity contribution < 1.29 is 9.84 Å². The topological polar surface area (TPSA) is 88.8 Å². The Bertz CT molecular complexity index is 1230. The summed E-state index contributed by atoms with van der Waals surface area (Å²) in [4.78, 5) is 16.1. The molecule has 0 spiro atoms. The molecule has 8 heteroatoms. The zero-order chi connectivity index (χ0) is 24.4. The van der Waals surface area contributed by atoms with E-state index in [4.69, 9.17) is 4.74 Å². The number of aliphatic hydroxyl groups is 1. The lowest BCUT2D eigenvalue weighted by Crippen LogP contribution is -2.54. The number of ether oxygens (including phenoxy) is 1. The lowest BCUT2D eigenvalue weighted by molar-refractivity contribution is -0.0327. The van der Waals surface area contributed by atoms with Crippen molar-refractivity contribution in [3.05, 3.63) is 59.5 Å². The fourth-order valence-electron chi connectivity index (χ4n) is 5.32. The van der Waals surface area contributed by atoms with Crippen LogP contribution in [0.2, 0.25) is 0 Å². The van der Waals surface area contributed by atoms with Crippen LogP contribution in [0.3, 0.4) is 0 Å². The van der Waals surface area contributed by atoms with E-state index in [9.17, 15) is 10.4 Å². The molecule has 2 saturated heterocycles. The van der Waals surface area contributed by atoms with Crippen LogP contribution >= 0.6 is 0 Å². The zero-order valence-corrected chi connectivity index (χ0v) is 20.4. The van der Waals surface area contributed by atoms with Crippen LogP contribution in [0.5, 0.6) is 0 Å². The van der Waals surface area contributed by atoms with E-state index in [2.05, 4.69) is 49.8 Å². The molecule has 0 aliphatic carbocycles. The SMILES string of the molecule is Cc1cc(N2CCN(C[C@H]3CN(c4ccc(C#N)c5ncccc45)C[C@@H](C)O3)CC2)cc(CO)n1. The molecule has 2 atom stereocenters. The quantitative estimate of drug-likeness (QED) is 0.607. The van der Waals surface area contributed by atoms with Gasteiger partial charge in [-0.2, -0.15) is 5.26 Å². The summed E-state index contributed by atoms with van der Waals surface area (Å²) in [5.74, 6) is 0. The maximum absolute atomic E-state index is 9.49. The molecule has 1 aromatic carbocycles. The molecular weight excluding hydrogens is 440 g/mol. The first kappa shape index (κ1) is 23.5. The van der Waals surface area contributed by atoms with Crippen LogP contribution < -0.4 is 9.80 Å². The average molecular weight is 473 g/mol. The van der Waals surface area contributed by atoms with Crippen LogP contribution in [0.15, 0.2) is 42.6 Å². The van der Waals surface area contributed by atoms with Gasteiger partial charge in [-0.25, -0.2) is 0 Å². The summed E-state index contributed by atoms with van der Waals surface area (Å²) >= 11 is 0. The Morgan fingerprint density at radius 2 is 1.94 bits per heavy atom. The summed E-state index contributed by atoms with van der Waals surface area (Å²) in [7, 11) is 0. The number of piperazine rings is 1. The number of aliphatic hydroxyl groups excluding tert-OH is 1. The highest BCUT2D eigenvalue weighted by molar-refractivity contribution is 5.95. The second kappa shape index (κ2) is 10.2. The van der Waals surface area contributed by atoms with Crippen molar-refractivity contribution in [1.82, 2.24) is 14.9 Å². The second-order valence-electron chi connectivity index (χ2n) is 9.52. The minimum Gasteiger partial charge on any atom is -0.390 e. The van der Waals surface area contributed by atoms with Gasteiger partial charge >= 0.3 is 0 Å². The van der Waals surface area contributed by atoms with Crippen molar-refractivity contribution in [3.63, 3.8) is 0 Å². The number of pyridine rings is 2. The normalized spacial score (nSPS) is 21.3. The standard InChI is InChI=1S/C27H32N6O2/c1-19-12-23(13-22(18-34)30-19)32-10-8-31(9-11-32)16-24-17-33(15-20(2)35-24)26-6-5-21(14-28)27-25(26)4-3-7-29-27/h3-7,12-13,20,24,34H,8-11,15-18H2,1-2H3/t20-,24+/m1/s1. The number of nitrogens with zero attached hydrogens (tertiary/aromatic N) is 6. The maximum atomic E-state index is 9.49. The fraction of sp³-hybridized carbons (Fsp3) is 0.444. The van der Waals surface area contributed by atoms with Crippen molar-refractivity contribution >= 4 is 22.3 Å². The molecule has 1 N–H and O–H groups in total. The first-order chi connectivity index (χ1) is 17.0. The van der Waals surface area contributed by atoms with Gasteiger partial charge in [0.25, 0.3) is 0 Å². The molecular formula is C27H32N6O2. The predicted molar refractivity (Wildman–Crippen MR) is 137 cm³/mol. The molecule has 182 valence electrons. The largest absolute Gasteiger partial charge is 0.390 e. The van der Waals surface area contributed by atoms with Gasteiger partial charge in [-0.15, -0.1) is 0 Å². The van der Waals surface area contributed by atoms with Crippen LogP contribution in [0, 0.1) is 18.3 Å². The van der Waals surface area contributed by atoms with Gasteiger partial charge in [-0.05, 0) is 50.2 Å². The van der Waals surface area contributed by atoms with E-state index in [-0.39, 0.29) is 18.8 Å². The molecule has 8 nitrogen and oxygen atoms in total. The van der Waals surface area contributed by atoms with Gasteiger partial charge in [0, 0.05) is 74.5 Å².